The lowest BCUT2D eigenvalue weighted by Gasteiger charge is -2.48. The summed E-state index contributed by atoms with van der Waals surface area (Å²) in [6.07, 6.45) is 7.67. The standard InChI is InChI=1S/C27H37FN2O3/c1-26(2,3)33-25(31)30-17-27(18-30)10-6-22(15-27)29-11-7-19(8-12-29)24-14-21(28)4-5-23(24)20-9-13-32-16-20/h4-5,9,14,19,22H,6-8,10-13,15-18H2,1-3H3/t22-/m1/s1. The molecule has 5 nitrogen and oxygen atoms in total. The van der Waals surface area contributed by atoms with Crippen molar-refractivity contribution in [3.63, 3.8) is 0 Å². The summed E-state index contributed by atoms with van der Waals surface area (Å²) in [5.74, 6) is 0.253. The molecule has 3 heterocycles. The van der Waals surface area contributed by atoms with E-state index in [1.807, 2.05) is 31.7 Å². The highest BCUT2D eigenvalue weighted by atomic mass is 19.1. The molecule has 0 aromatic heterocycles. The van der Waals surface area contributed by atoms with Gasteiger partial charge in [0.2, 0.25) is 0 Å². The summed E-state index contributed by atoms with van der Waals surface area (Å²) in [6, 6.07) is 5.86. The van der Waals surface area contributed by atoms with Crippen LogP contribution in [0.4, 0.5) is 9.18 Å². The van der Waals surface area contributed by atoms with E-state index in [2.05, 4.69) is 11.0 Å². The number of benzene rings is 1. The predicted octanol–water partition coefficient (Wildman–Crippen LogP) is 5.21. The molecule has 1 aliphatic carbocycles. The van der Waals surface area contributed by atoms with Gasteiger partial charge in [-0.2, -0.15) is 0 Å². The maximum Gasteiger partial charge on any atom is 0.410 e. The van der Waals surface area contributed by atoms with Crippen LogP contribution in [0, 0.1) is 11.2 Å². The Morgan fingerprint density at radius 3 is 2.61 bits per heavy atom. The van der Waals surface area contributed by atoms with E-state index in [0.29, 0.717) is 25.2 Å². The number of halogens is 1. The van der Waals surface area contributed by atoms with Crippen molar-refractivity contribution in [3.8, 4) is 0 Å². The van der Waals surface area contributed by atoms with Crippen LogP contribution in [0.25, 0.3) is 5.57 Å². The van der Waals surface area contributed by atoms with Crippen molar-refractivity contribution in [2.45, 2.75) is 70.4 Å². The fraction of sp³-hybridized carbons (Fsp3) is 0.667. The summed E-state index contributed by atoms with van der Waals surface area (Å²) in [6.45, 7) is 10.8. The Balaban J connectivity index is 1.16. The van der Waals surface area contributed by atoms with Crippen LogP contribution < -0.4 is 0 Å². The Hall–Kier alpha value is -1.92. The third-order valence-electron chi connectivity index (χ3n) is 7.93. The molecule has 1 aromatic rings. The van der Waals surface area contributed by atoms with Gasteiger partial charge in [0.05, 0.1) is 13.2 Å². The normalized spacial score (nSPS) is 25.9. The van der Waals surface area contributed by atoms with E-state index < -0.39 is 5.60 Å². The number of amides is 1. The Labute approximate surface area is 196 Å². The van der Waals surface area contributed by atoms with Crippen LogP contribution in [0.15, 0.2) is 24.3 Å². The largest absolute Gasteiger partial charge is 0.444 e. The van der Waals surface area contributed by atoms with Gasteiger partial charge in [-0.05, 0) is 101 Å². The molecule has 1 amide bonds. The molecule has 1 saturated carbocycles. The van der Waals surface area contributed by atoms with E-state index in [0.717, 1.165) is 44.6 Å². The second-order valence-electron chi connectivity index (χ2n) is 11.5. The lowest BCUT2D eigenvalue weighted by atomic mass is 9.78. The van der Waals surface area contributed by atoms with Crippen LogP contribution in [0.5, 0.6) is 0 Å². The van der Waals surface area contributed by atoms with Crippen LogP contribution in [-0.4, -0.2) is 66.9 Å². The van der Waals surface area contributed by atoms with Gasteiger partial charge in [-0.25, -0.2) is 9.18 Å². The first kappa shape index (κ1) is 22.9. The Bertz CT molecular complexity index is 924. The summed E-state index contributed by atoms with van der Waals surface area (Å²) >= 11 is 0. The van der Waals surface area contributed by atoms with Gasteiger partial charge in [0.15, 0.2) is 0 Å². The molecule has 0 radical (unpaired) electrons. The zero-order valence-electron chi connectivity index (χ0n) is 20.2. The van der Waals surface area contributed by atoms with Gasteiger partial charge in [-0.3, -0.25) is 0 Å². The van der Waals surface area contributed by atoms with E-state index in [-0.39, 0.29) is 17.3 Å². The summed E-state index contributed by atoms with van der Waals surface area (Å²) < 4.78 is 25.2. The molecule has 1 aromatic carbocycles. The number of ether oxygens (including phenoxy) is 2. The van der Waals surface area contributed by atoms with Gasteiger partial charge in [0, 0.05) is 24.5 Å². The molecule has 4 aliphatic rings. The molecule has 0 N–H and O–H groups in total. The van der Waals surface area contributed by atoms with Crippen LogP contribution in [-0.2, 0) is 9.47 Å². The average Bonchev–Trinajstić information content (AvgIpc) is 3.42. The molecular weight excluding hydrogens is 419 g/mol. The fourth-order valence-corrected chi connectivity index (χ4v) is 6.31. The monoisotopic (exact) mass is 456 g/mol. The van der Waals surface area contributed by atoms with Crippen molar-refractivity contribution < 1.29 is 18.7 Å². The molecule has 5 rings (SSSR count). The highest BCUT2D eigenvalue weighted by Gasteiger charge is 2.51. The van der Waals surface area contributed by atoms with Crippen LogP contribution in [0.3, 0.4) is 0 Å². The van der Waals surface area contributed by atoms with E-state index >= 15 is 0 Å². The summed E-state index contributed by atoms with van der Waals surface area (Å²) in [4.78, 5) is 16.9. The molecule has 2 saturated heterocycles. The topological polar surface area (TPSA) is 42.0 Å². The third-order valence-corrected chi connectivity index (χ3v) is 7.93. The first-order valence-corrected chi connectivity index (χ1v) is 12.5. The molecule has 33 heavy (non-hydrogen) atoms. The summed E-state index contributed by atoms with van der Waals surface area (Å²) in [5, 5.41) is 0. The van der Waals surface area contributed by atoms with Crippen LogP contribution >= 0.6 is 0 Å². The molecule has 1 atom stereocenters. The van der Waals surface area contributed by atoms with Gasteiger partial charge in [-0.15, -0.1) is 0 Å². The minimum absolute atomic E-state index is 0.145. The second kappa shape index (κ2) is 8.70. The summed E-state index contributed by atoms with van der Waals surface area (Å²) in [7, 11) is 0. The Morgan fingerprint density at radius 1 is 1.18 bits per heavy atom. The number of carbonyl (C=O) groups is 1. The Kier molecular flexibility index (Phi) is 6.02. The van der Waals surface area contributed by atoms with Crippen molar-refractivity contribution in [2.75, 3.05) is 39.4 Å². The smallest absolute Gasteiger partial charge is 0.410 e. The molecule has 0 unspecified atom stereocenters. The van der Waals surface area contributed by atoms with Gasteiger partial charge in [0.25, 0.3) is 0 Å². The van der Waals surface area contributed by atoms with Gasteiger partial charge < -0.3 is 19.3 Å². The number of piperidine rings is 1. The average molecular weight is 457 g/mol. The van der Waals surface area contributed by atoms with Gasteiger partial charge in [-0.1, -0.05) is 12.1 Å². The Morgan fingerprint density at radius 2 is 1.94 bits per heavy atom. The van der Waals surface area contributed by atoms with Crippen molar-refractivity contribution in [1.29, 1.82) is 0 Å². The number of hydrogen-bond acceptors (Lipinski definition) is 4. The molecule has 3 aliphatic heterocycles. The number of likely N-dealkylation sites (tertiary alicyclic amines) is 2. The maximum atomic E-state index is 14.1. The SMILES string of the molecule is CC(C)(C)OC(=O)N1CC2(CC[C@@H](N3CCC(c4cc(F)ccc4C4=CCOC4)CC3)C2)C1. The van der Waals surface area contributed by atoms with Gasteiger partial charge in [0.1, 0.15) is 11.4 Å². The molecule has 1 spiro atoms. The zero-order valence-corrected chi connectivity index (χ0v) is 20.2. The lowest BCUT2D eigenvalue weighted by Crippen LogP contribution is -2.58. The molecular formula is C27H37FN2O3. The number of hydrogen-bond donors (Lipinski definition) is 0. The van der Waals surface area contributed by atoms with Crippen molar-refractivity contribution >= 4 is 11.7 Å². The minimum Gasteiger partial charge on any atom is -0.444 e. The number of carbonyl (C=O) groups excluding carboxylic acids is 1. The highest BCUT2D eigenvalue weighted by molar-refractivity contribution is 5.71. The molecule has 6 heteroatoms. The van der Waals surface area contributed by atoms with E-state index in [1.54, 1.807) is 12.1 Å². The van der Waals surface area contributed by atoms with E-state index in [9.17, 15) is 9.18 Å². The van der Waals surface area contributed by atoms with Crippen molar-refractivity contribution in [2.24, 2.45) is 5.41 Å². The van der Waals surface area contributed by atoms with E-state index in [4.69, 9.17) is 9.47 Å². The summed E-state index contributed by atoms with van der Waals surface area (Å²) in [5.41, 5.74) is 3.36. The van der Waals surface area contributed by atoms with Gasteiger partial charge >= 0.3 is 6.09 Å². The molecule has 180 valence electrons. The second-order valence-corrected chi connectivity index (χ2v) is 11.5. The van der Waals surface area contributed by atoms with Crippen molar-refractivity contribution in [1.82, 2.24) is 9.80 Å². The lowest BCUT2D eigenvalue weighted by molar-refractivity contribution is -0.0347. The predicted molar refractivity (Wildman–Crippen MR) is 127 cm³/mol. The zero-order chi connectivity index (χ0) is 23.2. The fourth-order valence-electron chi connectivity index (χ4n) is 6.31. The first-order chi connectivity index (χ1) is 15.7. The first-order valence-electron chi connectivity index (χ1n) is 12.5. The maximum absolute atomic E-state index is 14.1. The van der Waals surface area contributed by atoms with Crippen LogP contribution in [0.1, 0.15) is 69.9 Å². The number of nitrogens with zero attached hydrogens (tertiary/aromatic N) is 2. The molecule has 3 fully saturated rings. The van der Waals surface area contributed by atoms with Crippen molar-refractivity contribution in [3.05, 3.63) is 41.2 Å². The third kappa shape index (κ3) is 4.83. The molecule has 0 bridgehead atoms. The van der Waals surface area contributed by atoms with E-state index in [1.165, 1.54) is 30.4 Å². The quantitative estimate of drug-likeness (QED) is 0.626. The number of rotatable bonds is 3. The van der Waals surface area contributed by atoms with Crippen LogP contribution in [0.2, 0.25) is 0 Å². The highest BCUT2D eigenvalue weighted by Crippen LogP contribution is 2.48. The minimum atomic E-state index is -0.439.